The second-order valence-corrected chi connectivity index (χ2v) is 22.4. The summed E-state index contributed by atoms with van der Waals surface area (Å²) >= 11 is 1.88. The van der Waals surface area contributed by atoms with Crippen LogP contribution in [0.4, 0.5) is 17.1 Å². The maximum absolute atomic E-state index is 2.62. The predicted molar refractivity (Wildman–Crippen MR) is 321 cm³/mol. The second-order valence-electron chi connectivity index (χ2n) is 21.3. The van der Waals surface area contributed by atoms with Crippen LogP contribution in [0, 0.1) is 0 Å². The maximum atomic E-state index is 2.62. The molecule has 0 N–H and O–H groups in total. The average molecular weight is 993 g/mol. The molecular formula is C74H44N2S. The van der Waals surface area contributed by atoms with Crippen LogP contribution >= 0.6 is 11.3 Å². The summed E-state index contributed by atoms with van der Waals surface area (Å²) in [7, 11) is 0. The van der Waals surface area contributed by atoms with E-state index < -0.39 is 10.8 Å². The Bertz CT molecular complexity index is 4850. The number of fused-ring (bicyclic) bond motifs is 25. The molecule has 0 saturated carbocycles. The lowest BCUT2D eigenvalue weighted by atomic mass is 9.65. The summed E-state index contributed by atoms with van der Waals surface area (Å²) in [6, 6.07) is 101. The monoisotopic (exact) mass is 992 g/mol. The van der Waals surface area contributed by atoms with Crippen molar-refractivity contribution in [2.45, 2.75) is 10.8 Å². The molecule has 0 saturated heterocycles. The smallest absolute Gasteiger partial charge is 0.0755 e. The van der Waals surface area contributed by atoms with Crippen molar-refractivity contribution in [2.24, 2.45) is 0 Å². The van der Waals surface area contributed by atoms with Crippen LogP contribution in [0.1, 0.15) is 44.5 Å². The molecule has 77 heavy (non-hydrogen) atoms. The molecule has 2 aromatic heterocycles. The van der Waals surface area contributed by atoms with Crippen molar-refractivity contribution >= 4 is 70.4 Å². The first-order valence-electron chi connectivity index (χ1n) is 26.8. The molecule has 14 aromatic rings. The summed E-state index contributed by atoms with van der Waals surface area (Å²) in [5, 5.41) is 5.19. The van der Waals surface area contributed by atoms with Gasteiger partial charge in [-0.25, -0.2) is 0 Å². The largest absolute Gasteiger partial charge is 0.309 e. The molecule has 18 rings (SSSR count). The van der Waals surface area contributed by atoms with E-state index in [9.17, 15) is 0 Å². The van der Waals surface area contributed by atoms with Gasteiger partial charge in [0.15, 0.2) is 0 Å². The average Bonchev–Trinajstić information content (AvgIpc) is 3.59. The molecule has 0 radical (unpaired) electrons. The fourth-order valence-electron chi connectivity index (χ4n) is 15.3. The van der Waals surface area contributed by atoms with Gasteiger partial charge in [-0.05, 0) is 126 Å². The fourth-order valence-corrected chi connectivity index (χ4v) is 16.4. The molecule has 0 amide bonds. The van der Waals surface area contributed by atoms with Gasteiger partial charge in [-0.2, -0.15) is 0 Å². The molecular weight excluding hydrogens is 949 g/mol. The van der Waals surface area contributed by atoms with E-state index in [-0.39, 0.29) is 0 Å². The van der Waals surface area contributed by atoms with Crippen LogP contribution in [0.2, 0.25) is 0 Å². The van der Waals surface area contributed by atoms with Gasteiger partial charge in [0, 0.05) is 47.8 Å². The van der Waals surface area contributed by atoms with E-state index in [1.165, 1.54) is 137 Å². The van der Waals surface area contributed by atoms with Crippen LogP contribution in [0.5, 0.6) is 0 Å². The zero-order chi connectivity index (χ0) is 50.1. The number of aromatic nitrogens is 1. The van der Waals surface area contributed by atoms with E-state index in [1.807, 2.05) is 11.3 Å². The third-order valence-electron chi connectivity index (χ3n) is 18.0. The standard InChI is InChI=1S/C74H44N2S/c1-7-27-55-48(19-1)49-20-2-8-28-56(49)73(55)57-29-9-3-22-52(57)70-60(73)32-17-37-65(70)75(46-43-41-45(42-44-46)47-25-16-40-68-69(47)54-24-6-14-39-67(54)77-68)66-38-18-33-61-71(66)53-23-4-10-30-58(53)74(61)59-31-11-13-36-64(59)76-63-35-12-5-21-50(63)51-26-15-34-62(74)72(51)76/h1-44H. The van der Waals surface area contributed by atoms with Crippen molar-refractivity contribution in [3.8, 4) is 50.2 Å². The van der Waals surface area contributed by atoms with E-state index in [2.05, 4.69) is 276 Å². The van der Waals surface area contributed by atoms with Gasteiger partial charge in [-0.1, -0.05) is 218 Å². The van der Waals surface area contributed by atoms with Gasteiger partial charge in [0.1, 0.15) is 0 Å². The van der Waals surface area contributed by atoms with E-state index >= 15 is 0 Å². The number of rotatable bonds is 4. The fraction of sp³-hybridized carbons (Fsp3) is 0.0270. The Morgan fingerprint density at radius 1 is 0.312 bits per heavy atom. The van der Waals surface area contributed by atoms with Crippen LogP contribution in [-0.2, 0) is 10.8 Å². The summed E-state index contributed by atoms with van der Waals surface area (Å²) in [5.41, 5.74) is 26.7. The number of hydrogen-bond donors (Lipinski definition) is 0. The van der Waals surface area contributed by atoms with Gasteiger partial charge in [0.05, 0.1) is 38.9 Å². The molecule has 3 aliphatic carbocycles. The van der Waals surface area contributed by atoms with E-state index in [4.69, 9.17) is 0 Å². The minimum atomic E-state index is -0.605. The highest BCUT2D eigenvalue weighted by Crippen LogP contribution is 2.67. The third-order valence-corrected chi connectivity index (χ3v) is 19.2. The zero-order valence-corrected chi connectivity index (χ0v) is 42.5. The van der Waals surface area contributed by atoms with Crippen molar-refractivity contribution in [1.82, 2.24) is 4.57 Å². The van der Waals surface area contributed by atoms with E-state index in [0.717, 1.165) is 17.1 Å². The number of nitrogens with zero attached hydrogens (tertiary/aromatic N) is 2. The highest BCUT2D eigenvalue weighted by molar-refractivity contribution is 7.25. The molecule has 2 spiro atoms. The topological polar surface area (TPSA) is 8.17 Å². The normalized spacial score (nSPS) is 15.4. The van der Waals surface area contributed by atoms with Crippen LogP contribution < -0.4 is 4.90 Å². The number of anilines is 3. The Kier molecular flexibility index (Phi) is 8.18. The van der Waals surface area contributed by atoms with Gasteiger partial charge < -0.3 is 9.47 Å². The predicted octanol–water partition coefficient (Wildman–Crippen LogP) is 19.3. The van der Waals surface area contributed by atoms with Crippen LogP contribution in [0.3, 0.4) is 0 Å². The zero-order valence-electron chi connectivity index (χ0n) is 41.7. The molecule has 0 fully saturated rings. The minimum absolute atomic E-state index is 0.495. The van der Waals surface area contributed by atoms with Crippen LogP contribution in [-0.4, -0.2) is 4.57 Å². The Morgan fingerprint density at radius 3 is 1.44 bits per heavy atom. The molecule has 356 valence electrons. The van der Waals surface area contributed by atoms with Gasteiger partial charge in [-0.15, -0.1) is 11.3 Å². The molecule has 1 unspecified atom stereocenters. The van der Waals surface area contributed by atoms with E-state index in [0.29, 0.717) is 0 Å². The van der Waals surface area contributed by atoms with Crippen molar-refractivity contribution in [1.29, 1.82) is 0 Å². The van der Waals surface area contributed by atoms with E-state index in [1.54, 1.807) is 0 Å². The molecule has 1 atom stereocenters. The maximum Gasteiger partial charge on any atom is 0.0755 e. The first-order chi connectivity index (χ1) is 38.2. The van der Waals surface area contributed by atoms with Gasteiger partial charge in [0.25, 0.3) is 0 Å². The van der Waals surface area contributed by atoms with Gasteiger partial charge >= 0.3 is 0 Å². The van der Waals surface area contributed by atoms with Crippen molar-refractivity contribution < 1.29 is 0 Å². The number of benzene rings is 12. The Morgan fingerprint density at radius 2 is 0.766 bits per heavy atom. The molecule has 12 aromatic carbocycles. The van der Waals surface area contributed by atoms with Gasteiger partial charge in [-0.3, -0.25) is 0 Å². The summed E-state index contributed by atoms with van der Waals surface area (Å²) in [5.74, 6) is 0. The molecule has 4 aliphatic rings. The quantitative estimate of drug-likeness (QED) is 0.171. The lowest BCUT2D eigenvalue weighted by molar-refractivity contribution is 0.748. The molecule has 1 aliphatic heterocycles. The first kappa shape index (κ1) is 41.8. The highest BCUT2D eigenvalue weighted by atomic mass is 32.1. The summed E-state index contributed by atoms with van der Waals surface area (Å²) < 4.78 is 5.17. The lowest BCUT2D eigenvalue weighted by Gasteiger charge is -2.39. The minimum Gasteiger partial charge on any atom is -0.309 e. The first-order valence-corrected chi connectivity index (χ1v) is 27.7. The summed E-state index contributed by atoms with van der Waals surface area (Å²) in [6.07, 6.45) is 0. The Hall–Kier alpha value is -9.54. The van der Waals surface area contributed by atoms with Crippen LogP contribution in [0.15, 0.2) is 267 Å². The summed E-state index contributed by atoms with van der Waals surface area (Å²) in [6.45, 7) is 0. The third kappa shape index (κ3) is 5.07. The number of thiophene rings is 1. The SMILES string of the molecule is c1ccc2c(c1)-c1ccccc1C21c2ccccc2-c2c(N(c3ccc(-c4cccc5sc6ccccc6c45)cc3)c3cccc4c3-c3ccccc3C43c4ccccc4-n4c5ccccc5c5cccc3c54)cccc21. The molecule has 0 bridgehead atoms. The Balaban J connectivity index is 0.941. The Labute approximate surface area is 449 Å². The van der Waals surface area contributed by atoms with Crippen molar-refractivity contribution in [3.63, 3.8) is 0 Å². The number of hydrogen-bond acceptors (Lipinski definition) is 2. The van der Waals surface area contributed by atoms with Crippen molar-refractivity contribution in [2.75, 3.05) is 4.90 Å². The highest BCUT2D eigenvalue weighted by Gasteiger charge is 2.54. The molecule has 3 heterocycles. The van der Waals surface area contributed by atoms with Crippen LogP contribution in [0.25, 0.3) is 92.2 Å². The molecule has 2 nitrogen and oxygen atoms in total. The second kappa shape index (κ2) is 15.1. The molecule has 3 heteroatoms. The lowest BCUT2D eigenvalue weighted by Crippen LogP contribution is -2.33. The summed E-state index contributed by atoms with van der Waals surface area (Å²) in [4.78, 5) is 2.62. The number of para-hydroxylation sites is 3. The van der Waals surface area contributed by atoms with Gasteiger partial charge in [0.2, 0.25) is 0 Å². The van der Waals surface area contributed by atoms with Crippen molar-refractivity contribution in [3.05, 3.63) is 311 Å².